The second-order valence-electron chi connectivity index (χ2n) is 4.16. The van der Waals surface area contributed by atoms with E-state index < -0.39 is 0 Å². The molecule has 0 amide bonds. The number of hydrogen-bond acceptors (Lipinski definition) is 1. The van der Waals surface area contributed by atoms with Gasteiger partial charge in [-0.3, -0.25) is 0 Å². The Bertz CT molecular complexity index is 316. The third-order valence-electron chi connectivity index (χ3n) is 3.30. The van der Waals surface area contributed by atoms with E-state index in [1.165, 1.54) is 18.4 Å². The first kappa shape index (κ1) is 10.0. The van der Waals surface area contributed by atoms with Gasteiger partial charge in [-0.05, 0) is 30.5 Å². The third-order valence-corrected chi connectivity index (χ3v) is 3.54. The van der Waals surface area contributed by atoms with Gasteiger partial charge in [0.15, 0.2) is 0 Å². The van der Waals surface area contributed by atoms with Gasteiger partial charge in [0.05, 0.1) is 6.61 Å². The summed E-state index contributed by atoms with van der Waals surface area (Å²) in [5.41, 5.74) is 1.19. The van der Waals surface area contributed by atoms with E-state index in [0.29, 0.717) is 0 Å². The Labute approximate surface area is 89.7 Å². The minimum Gasteiger partial charge on any atom is -0.395 e. The molecule has 1 nitrogen and oxygen atoms in total. The second kappa shape index (κ2) is 3.92. The van der Waals surface area contributed by atoms with Crippen molar-refractivity contribution >= 4 is 11.6 Å². The Hall–Kier alpha value is -0.530. The molecule has 0 radical (unpaired) electrons. The Morgan fingerprint density at radius 2 is 2.00 bits per heavy atom. The molecule has 0 atom stereocenters. The Morgan fingerprint density at radius 3 is 2.57 bits per heavy atom. The average molecular weight is 211 g/mol. The van der Waals surface area contributed by atoms with Gasteiger partial charge in [-0.2, -0.15) is 0 Å². The van der Waals surface area contributed by atoms with Crippen molar-refractivity contribution < 1.29 is 5.11 Å². The zero-order valence-electron chi connectivity index (χ0n) is 8.17. The predicted octanol–water partition coefficient (Wildman–Crippen LogP) is 3.14. The van der Waals surface area contributed by atoms with E-state index in [1.807, 2.05) is 18.2 Å². The van der Waals surface area contributed by atoms with Crippen molar-refractivity contribution in [2.75, 3.05) is 6.61 Å². The molecule has 1 aromatic rings. The topological polar surface area (TPSA) is 20.2 Å². The fraction of sp³-hybridized carbons (Fsp3) is 0.500. The summed E-state index contributed by atoms with van der Waals surface area (Å²) in [5.74, 6) is 0. The highest BCUT2D eigenvalue weighted by atomic mass is 35.5. The standard InChI is InChI=1S/C12H15ClO/c13-11-5-3-4-10(8-11)12(9-14)6-1-2-7-12/h3-5,8,14H,1-2,6-7,9H2. The van der Waals surface area contributed by atoms with Crippen LogP contribution in [0.3, 0.4) is 0 Å². The molecule has 0 aromatic heterocycles. The quantitative estimate of drug-likeness (QED) is 0.795. The Kier molecular flexibility index (Phi) is 2.80. The SMILES string of the molecule is OCC1(c2cccc(Cl)c2)CCCC1. The van der Waals surface area contributed by atoms with E-state index in [4.69, 9.17) is 11.6 Å². The van der Waals surface area contributed by atoms with Crippen molar-refractivity contribution in [1.29, 1.82) is 0 Å². The monoisotopic (exact) mass is 210 g/mol. The summed E-state index contributed by atoms with van der Waals surface area (Å²) in [6.07, 6.45) is 4.60. The van der Waals surface area contributed by atoms with Crippen LogP contribution in [0.2, 0.25) is 5.02 Å². The molecule has 1 aliphatic rings. The van der Waals surface area contributed by atoms with Gasteiger partial charge in [-0.15, -0.1) is 0 Å². The summed E-state index contributed by atoms with van der Waals surface area (Å²) in [6.45, 7) is 0.243. The number of rotatable bonds is 2. The van der Waals surface area contributed by atoms with Crippen LogP contribution in [0.15, 0.2) is 24.3 Å². The highest BCUT2D eigenvalue weighted by Crippen LogP contribution is 2.41. The maximum Gasteiger partial charge on any atom is 0.0527 e. The molecule has 1 fully saturated rings. The van der Waals surface area contributed by atoms with Gasteiger partial charge >= 0.3 is 0 Å². The molecule has 1 aromatic carbocycles. The largest absolute Gasteiger partial charge is 0.395 e. The molecule has 1 saturated carbocycles. The molecule has 0 spiro atoms. The van der Waals surface area contributed by atoms with E-state index in [0.717, 1.165) is 17.9 Å². The summed E-state index contributed by atoms with van der Waals surface area (Å²) in [4.78, 5) is 0. The lowest BCUT2D eigenvalue weighted by Crippen LogP contribution is -2.26. The lowest BCUT2D eigenvalue weighted by atomic mass is 9.80. The van der Waals surface area contributed by atoms with Crippen molar-refractivity contribution in [3.05, 3.63) is 34.9 Å². The second-order valence-corrected chi connectivity index (χ2v) is 4.59. The Morgan fingerprint density at radius 1 is 1.29 bits per heavy atom. The van der Waals surface area contributed by atoms with Gasteiger partial charge in [-0.25, -0.2) is 0 Å². The molecule has 76 valence electrons. The van der Waals surface area contributed by atoms with E-state index in [2.05, 4.69) is 6.07 Å². The van der Waals surface area contributed by atoms with Gasteiger partial charge in [-0.1, -0.05) is 36.6 Å². The number of halogens is 1. The Balaban J connectivity index is 2.35. The van der Waals surface area contributed by atoms with Gasteiger partial charge in [0.1, 0.15) is 0 Å². The van der Waals surface area contributed by atoms with Crippen LogP contribution in [-0.4, -0.2) is 11.7 Å². The summed E-state index contributed by atoms with van der Waals surface area (Å²) < 4.78 is 0. The van der Waals surface area contributed by atoms with E-state index in [9.17, 15) is 5.11 Å². The van der Waals surface area contributed by atoms with Crippen LogP contribution in [0, 0.1) is 0 Å². The zero-order valence-corrected chi connectivity index (χ0v) is 8.93. The molecule has 2 rings (SSSR count). The van der Waals surface area contributed by atoms with Crippen LogP contribution in [0.5, 0.6) is 0 Å². The molecule has 2 heteroatoms. The summed E-state index contributed by atoms with van der Waals surface area (Å²) in [7, 11) is 0. The first-order valence-corrected chi connectivity index (χ1v) is 5.52. The maximum absolute atomic E-state index is 9.52. The molecular formula is C12H15ClO. The van der Waals surface area contributed by atoms with Crippen molar-refractivity contribution in [3.63, 3.8) is 0 Å². The zero-order chi connectivity index (χ0) is 10.0. The fourth-order valence-corrected chi connectivity index (χ4v) is 2.60. The molecule has 0 saturated heterocycles. The van der Waals surface area contributed by atoms with Crippen molar-refractivity contribution in [1.82, 2.24) is 0 Å². The van der Waals surface area contributed by atoms with E-state index >= 15 is 0 Å². The van der Waals surface area contributed by atoms with Crippen molar-refractivity contribution in [2.24, 2.45) is 0 Å². The van der Waals surface area contributed by atoms with Crippen LogP contribution in [-0.2, 0) is 5.41 Å². The number of hydrogen-bond donors (Lipinski definition) is 1. The number of aliphatic hydroxyl groups is 1. The van der Waals surface area contributed by atoms with Gasteiger partial charge in [0.25, 0.3) is 0 Å². The van der Waals surface area contributed by atoms with Gasteiger partial charge in [0.2, 0.25) is 0 Å². The molecule has 1 N–H and O–H groups in total. The number of benzene rings is 1. The fourth-order valence-electron chi connectivity index (χ4n) is 2.41. The number of aliphatic hydroxyl groups excluding tert-OH is 1. The maximum atomic E-state index is 9.52. The highest BCUT2D eigenvalue weighted by Gasteiger charge is 2.34. The van der Waals surface area contributed by atoms with Gasteiger partial charge < -0.3 is 5.11 Å². The van der Waals surface area contributed by atoms with Crippen LogP contribution in [0.25, 0.3) is 0 Å². The molecule has 14 heavy (non-hydrogen) atoms. The van der Waals surface area contributed by atoms with Crippen LogP contribution in [0.1, 0.15) is 31.2 Å². The minimum atomic E-state index is -0.00903. The lowest BCUT2D eigenvalue weighted by molar-refractivity contribution is 0.196. The summed E-state index contributed by atoms with van der Waals surface area (Å²) in [6, 6.07) is 7.91. The predicted molar refractivity (Wildman–Crippen MR) is 58.7 cm³/mol. The first-order chi connectivity index (χ1) is 6.77. The third kappa shape index (κ3) is 1.67. The lowest BCUT2D eigenvalue weighted by Gasteiger charge is -2.27. The molecular weight excluding hydrogens is 196 g/mol. The highest BCUT2D eigenvalue weighted by molar-refractivity contribution is 6.30. The minimum absolute atomic E-state index is 0.00903. The first-order valence-electron chi connectivity index (χ1n) is 5.14. The van der Waals surface area contributed by atoms with E-state index in [-0.39, 0.29) is 12.0 Å². The molecule has 0 bridgehead atoms. The smallest absolute Gasteiger partial charge is 0.0527 e. The van der Waals surface area contributed by atoms with E-state index in [1.54, 1.807) is 0 Å². The van der Waals surface area contributed by atoms with Crippen LogP contribution < -0.4 is 0 Å². The normalized spacial score (nSPS) is 19.9. The molecule has 0 heterocycles. The van der Waals surface area contributed by atoms with Crippen molar-refractivity contribution in [2.45, 2.75) is 31.1 Å². The summed E-state index contributed by atoms with van der Waals surface area (Å²) >= 11 is 5.96. The van der Waals surface area contributed by atoms with Crippen molar-refractivity contribution in [3.8, 4) is 0 Å². The molecule has 0 aliphatic heterocycles. The van der Waals surface area contributed by atoms with Gasteiger partial charge in [0, 0.05) is 10.4 Å². The average Bonchev–Trinajstić information content (AvgIpc) is 2.67. The van der Waals surface area contributed by atoms with Crippen LogP contribution in [0.4, 0.5) is 0 Å². The van der Waals surface area contributed by atoms with Crippen LogP contribution >= 0.6 is 11.6 Å². The molecule has 1 aliphatic carbocycles. The summed E-state index contributed by atoms with van der Waals surface area (Å²) in [5, 5.41) is 10.3. The molecule has 0 unspecified atom stereocenters.